The van der Waals surface area contributed by atoms with Crippen molar-refractivity contribution in [2.45, 2.75) is 20.3 Å². The second kappa shape index (κ2) is 10.6. The normalized spacial score (nSPS) is 10.7. The van der Waals surface area contributed by atoms with Crippen molar-refractivity contribution in [2.24, 2.45) is 5.10 Å². The van der Waals surface area contributed by atoms with Crippen molar-refractivity contribution in [3.63, 3.8) is 0 Å². The average molecular weight is 412 g/mol. The molecule has 2 rings (SSSR count). The molecule has 0 saturated heterocycles. The van der Waals surface area contributed by atoms with Crippen molar-refractivity contribution in [1.82, 2.24) is 5.43 Å². The summed E-state index contributed by atoms with van der Waals surface area (Å²) in [7, 11) is 2.96. The SMILES string of the molecule is COc1ccc(C(=O)N/N=C(/C)CC(=O)Nc2ccccc2NC(C)=O)c(OC)c1. The number of hydrogen-bond acceptors (Lipinski definition) is 6. The van der Waals surface area contributed by atoms with Crippen LogP contribution in [0.25, 0.3) is 0 Å². The van der Waals surface area contributed by atoms with Crippen molar-refractivity contribution in [3.8, 4) is 11.5 Å². The molecular formula is C21H24N4O5. The van der Waals surface area contributed by atoms with Crippen LogP contribution in [-0.2, 0) is 9.59 Å². The molecule has 9 heteroatoms. The van der Waals surface area contributed by atoms with Gasteiger partial charge in [0.25, 0.3) is 5.91 Å². The van der Waals surface area contributed by atoms with E-state index in [-0.39, 0.29) is 23.8 Å². The molecule has 2 aromatic rings. The number of ether oxygens (including phenoxy) is 2. The molecule has 0 spiro atoms. The fourth-order valence-electron chi connectivity index (χ4n) is 2.55. The lowest BCUT2D eigenvalue weighted by Crippen LogP contribution is -2.22. The van der Waals surface area contributed by atoms with Gasteiger partial charge in [0.15, 0.2) is 0 Å². The first kappa shape index (κ1) is 22.4. The molecule has 0 atom stereocenters. The first-order valence-electron chi connectivity index (χ1n) is 9.06. The predicted molar refractivity (Wildman–Crippen MR) is 114 cm³/mol. The lowest BCUT2D eigenvalue weighted by molar-refractivity contribution is -0.115. The van der Waals surface area contributed by atoms with Gasteiger partial charge in [-0.15, -0.1) is 0 Å². The highest BCUT2D eigenvalue weighted by Gasteiger charge is 2.14. The monoisotopic (exact) mass is 412 g/mol. The minimum atomic E-state index is -0.481. The van der Waals surface area contributed by atoms with Crippen LogP contribution in [0.5, 0.6) is 11.5 Å². The molecule has 3 N–H and O–H groups in total. The summed E-state index contributed by atoms with van der Waals surface area (Å²) in [6, 6.07) is 11.6. The van der Waals surface area contributed by atoms with Crippen LogP contribution in [0.3, 0.4) is 0 Å². The number of methoxy groups -OCH3 is 2. The fourth-order valence-corrected chi connectivity index (χ4v) is 2.55. The predicted octanol–water partition coefficient (Wildman–Crippen LogP) is 2.80. The fraction of sp³-hybridized carbons (Fsp3) is 0.238. The van der Waals surface area contributed by atoms with Gasteiger partial charge < -0.3 is 20.1 Å². The van der Waals surface area contributed by atoms with E-state index < -0.39 is 5.91 Å². The quantitative estimate of drug-likeness (QED) is 0.455. The summed E-state index contributed by atoms with van der Waals surface area (Å²) in [5, 5.41) is 9.33. The van der Waals surface area contributed by atoms with Gasteiger partial charge >= 0.3 is 0 Å². The van der Waals surface area contributed by atoms with Gasteiger partial charge in [-0.05, 0) is 31.2 Å². The van der Waals surface area contributed by atoms with E-state index in [0.29, 0.717) is 28.6 Å². The summed E-state index contributed by atoms with van der Waals surface area (Å²) in [6.07, 6.45) is -0.0472. The van der Waals surface area contributed by atoms with E-state index in [0.717, 1.165) is 0 Å². The maximum Gasteiger partial charge on any atom is 0.275 e. The molecule has 0 bridgehead atoms. The molecule has 158 valence electrons. The topological polar surface area (TPSA) is 118 Å². The molecule has 3 amide bonds. The maximum atomic E-state index is 12.4. The first-order chi connectivity index (χ1) is 14.3. The standard InChI is InChI=1S/C21H24N4O5/c1-13(11-20(27)23-18-8-6-5-7-17(18)22-14(2)26)24-25-21(28)16-10-9-15(29-3)12-19(16)30-4/h5-10,12H,11H2,1-4H3,(H,22,26)(H,23,27)(H,25,28)/b24-13-. The third-order valence-electron chi connectivity index (χ3n) is 3.93. The number of benzene rings is 2. The zero-order chi connectivity index (χ0) is 22.1. The molecule has 0 aromatic heterocycles. The Hall–Kier alpha value is -3.88. The Labute approximate surface area is 174 Å². The maximum absolute atomic E-state index is 12.4. The van der Waals surface area contributed by atoms with Gasteiger partial charge in [0.1, 0.15) is 11.5 Å². The average Bonchev–Trinajstić information content (AvgIpc) is 2.72. The van der Waals surface area contributed by atoms with E-state index in [9.17, 15) is 14.4 Å². The van der Waals surface area contributed by atoms with Crippen molar-refractivity contribution < 1.29 is 23.9 Å². The van der Waals surface area contributed by atoms with Gasteiger partial charge in [-0.25, -0.2) is 5.43 Å². The second-order valence-corrected chi connectivity index (χ2v) is 6.31. The molecule has 2 aromatic carbocycles. The van der Waals surface area contributed by atoms with Gasteiger partial charge in [0.2, 0.25) is 11.8 Å². The number of amides is 3. The highest BCUT2D eigenvalue weighted by atomic mass is 16.5. The number of carbonyl (C=O) groups is 3. The minimum absolute atomic E-state index is 0.0472. The number of anilines is 2. The van der Waals surface area contributed by atoms with Gasteiger partial charge in [-0.2, -0.15) is 5.10 Å². The summed E-state index contributed by atoms with van der Waals surface area (Å²) in [6.45, 7) is 3.00. The van der Waals surface area contributed by atoms with Gasteiger partial charge in [-0.3, -0.25) is 14.4 Å². The molecule has 0 saturated carbocycles. The molecule has 0 unspecified atom stereocenters. The van der Waals surface area contributed by atoms with E-state index in [1.807, 2.05) is 0 Å². The molecule has 0 aliphatic rings. The van der Waals surface area contributed by atoms with E-state index in [4.69, 9.17) is 9.47 Å². The van der Waals surface area contributed by atoms with Gasteiger partial charge in [-0.1, -0.05) is 12.1 Å². The highest BCUT2D eigenvalue weighted by Crippen LogP contribution is 2.24. The summed E-state index contributed by atoms with van der Waals surface area (Å²) >= 11 is 0. The first-order valence-corrected chi connectivity index (χ1v) is 9.06. The molecule has 30 heavy (non-hydrogen) atoms. The second-order valence-electron chi connectivity index (χ2n) is 6.31. The van der Waals surface area contributed by atoms with E-state index in [1.54, 1.807) is 49.4 Å². The Morgan fingerprint density at radius 3 is 2.20 bits per heavy atom. The van der Waals surface area contributed by atoms with Crippen molar-refractivity contribution >= 4 is 34.8 Å². The van der Waals surface area contributed by atoms with Gasteiger partial charge in [0.05, 0.1) is 37.6 Å². The van der Waals surface area contributed by atoms with Crippen LogP contribution in [0.15, 0.2) is 47.6 Å². The molecule has 0 aliphatic carbocycles. The summed E-state index contributed by atoms with van der Waals surface area (Å²) < 4.78 is 10.3. The summed E-state index contributed by atoms with van der Waals surface area (Å²) in [5.74, 6) is -0.173. The Bertz CT molecular complexity index is 972. The van der Waals surface area contributed by atoms with E-state index in [1.165, 1.54) is 21.1 Å². The highest BCUT2D eigenvalue weighted by molar-refractivity contribution is 6.08. The molecule has 0 heterocycles. The van der Waals surface area contributed by atoms with Crippen LogP contribution in [0.1, 0.15) is 30.6 Å². The largest absolute Gasteiger partial charge is 0.497 e. The number of para-hydroxylation sites is 2. The van der Waals surface area contributed by atoms with E-state index in [2.05, 4.69) is 21.2 Å². The Kier molecular flexibility index (Phi) is 7.92. The third-order valence-corrected chi connectivity index (χ3v) is 3.93. The van der Waals surface area contributed by atoms with Crippen LogP contribution in [0, 0.1) is 0 Å². The lowest BCUT2D eigenvalue weighted by Gasteiger charge is -2.11. The van der Waals surface area contributed by atoms with Crippen LogP contribution >= 0.6 is 0 Å². The molecule has 0 fully saturated rings. The number of carbonyl (C=O) groups excluding carboxylic acids is 3. The third kappa shape index (κ3) is 6.33. The minimum Gasteiger partial charge on any atom is -0.497 e. The number of nitrogens with one attached hydrogen (secondary N) is 3. The Balaban J connectivity index is 1.99. The molecule has 9 nitrogen and oxygen atoms in total. The number of rotatable bonds is 8. The van der Waals surface area contributed by atoms with Crippen molar-refractivity contribution in [2.75, 3.05) is 24.9 Å². The smallest absolute Gasteiger partial charge is 0.275 e. The van der Waals surface area contributed by atoms with Crippen LogP contribution in [-0.4, -0.2) is 37.7 Å². The molecule has 0 radical (unpaired) electrons. The number of hydrazone groups is 1. The Morgan fingerprint density at radius 2 is 1.60 bits per heavy atom. The van der Waals surface area contributed by atoms with Crippen molar-refractivity contribution in [1.29, 1.82) is 0 Å². The summed E-state index contributed by atoms with van der Waals surface area (Å²) in [4.78, 5) is 35.9. The molecule has 0 aliphatic heterocycles. The van der Waals surface area contributed by atoms with Crippen molar-refractivity contribution in [3.05, 3.63) is 48.0 Å². The zero-order valence-corrected chi connectivity index (χ0v) is 17.2. The van der Waals surface area contributed by atoms with Crippen LogP contribution in [0.4, 0.5) is 11.4 Å². The lowest BCUT2D eigenvalue weighted by atomic mass is 10.2. The van der Waals surface area contributed by atoms with Crippen LogP contribution < -0.4 is 25.5 Å². The number of nitrogens with zero attached hydrogens (tertiary/aromatic N) is 1. The zero-order valence-electron chi connectivity index (χ0n) is 17.2. The van der Waals surface area contributed by atoms with Gasteiger partial charge in [0, 0.05) is 18.7 Å². The van der Waals surface area contributed by atoms with Crippen LogP contribution in [0.2, 0.25) is 0 Å². The van der Waals surface area contributed by atoms with E-state index >= 15 is 0 Å². The molecular weight excluding hydrogens is 388 g/mol. The Morgan fingerprint density at radius 1 is 0.933 bits per heavy atom. The summed E-state index contributed by atoms with van der Waals surface area (Å²) in [5.41, 5.74) is 4.05. The number of hydrogen-bond donors (Lipinski definition) is 3.